The highest BCUT2D eigenvalue weighted by Crippen LogP contribution is 2.43. The molecule has 2 aliphatic heterocycles. The molecule has 0 saturated carbocycles. The van der Waals surface area contributed by atoms with Gasteiger partial charge in [-0.15, -0.1) is 11.8 Å². The van der Waals surface area contributed by atoms with Crippen LogP contribution in [0, 0.1) is 0 Å². The zero-order valence-corrected chi connectivity index (χ0v) is 26.0. The second-order valence-corrected chi connectivity index (χ2v) is 12.3. The van der Waals surface area contributed by atoms with E-state index in [9.17, 15) is 19.2 Å². The summed E-state index contributed by atoms with van der Waals surface area (Å²) < 4.78 is 34.8. The van der Waals surface area contributed by atoms with Gasteiger partial charge in [-0.3, -0.25) is 19.2 Å². The first-order valence-corrected chi connectivity index (χ1v) is 15.1. The lowest BCUT2D eigenvalue weighted by Gasteiger charge is -2.45. The molecule has 10 nitrogen and oxygen atoms in total. The van der Waals surface area contributed by atoms with Crippen LogP contribution >= 0.6 is 11.8 Å². The van der Waals surface area contributed by atoms with Gasteiger partial charge < -0.3 is 28.4 Å². The van der Waals surface area contributed by atoms with Crippen LogP contribution in [0.5, 0.6) is 5.75 Å². The van der Waals surface area contributed by atoms with Crippen molar-refractivity contribution in [2.45, 2.75) is 101 Å². The van der Waals surface area contributed by atoms with Gasteiger partial charge in [0.15, 0.2) is 18.3 Å². The Morgan fingerprint density at radius 2 is 1.51 bits per heavy atom. The maximum Gasteiger partial charge on any atom is 0.303 e. The van der Waals surface area contributed by atoms with Crippen LogP contribution in [-0.4, -0.2) is 66.3 Å². The smallest absolute Gasteiger partial charge is 0.303 e. The molecule has 2 heterocycles. The summed E-state index contributed by atoms with van der Waals surface area (Å²) >= 11 is 1.83. The second-order valence-electron chi connectivity index (χ2n) is 10.9. The van der Waals surface area contributed by atoms with Crippen LogP contribution in [-0.2, 0) is 55.7 Å². The number of thioether (sulfide) groups is 1. The largest absolute Gasteiger partial charge is 0.491 e. The summed E-state index contributed by atoms with van der Waals surface area (Å²) in [6.07, 6.45) is -4.30. The van der Waals surface area contributed by atoms with Gasteiger partial charge in [-0.1, -0.05) is 24.3 Å². The number of benzene rings is 2. The molecule has 0 amide bonds. The minimum absolute atomic E-state index is 0.199. The molecule has 0 bridgehead atoms. The summed E-state index contributed by atoms with van der Waals surface area (Å²) in [7, 11) is 0. The average Bonchev–Trinajstić information content (AvgIpc) is 3.32. The number of esters is 4. The molecule has 11 heteroatoms. The molecule has 0 aliphatic carbocycles. The van der Waals surface area contributed by atoms with E-state index in [1.54, 1.807) is 0 Å². The van der Waals surface area contributed by atoms with Crippen LogP contribution in [0.25, 0.3) is 0 Å². The van der Waals surface area contributed by atoms with Gasteiger partial charge in [0.2, 0.25) is 0 Å². The fraction of sp³-hybridized carbons (Fsp3) is 0.500. The summed E-state index contributed by atoms with van der Waals surface area (Å²) in [5.74, 6) is -2.11. The Morgan fingerprint density at radius 3 is 2.14 bits per heavy atom. The lowest BCUT2D eigenvalue weighted by Crippen LogP contribution is -2.59. The van der Waals surface area contributed by atoms with Gasteiger partial charge in [-0.05, 0) is 56.0 Å². The van der Waals surface area contributed by atoms with Gasteiger partial charge in [0.1, 0.15) is 24.6 Å². The predicted molar refractivity (Wildman–Crippen MR) is 157 cm³/mol. The summed E-state index contributed by atoms with van der Waals surface area (Å²) in [5.41, 5.74) is 2.88. The minimum Gasteiger partial charge on any atom is -0.491 e. The van der Waals surface area contributed by atoms with Gasteiger partial charge >= 0.3 is 23.9 Å². The molecule has 232 valence electrons. The first kappa shape index (κ1) is 32.3. The number of hydrogen-bond acceptors (Lipinski definition) is 11. The van der Waals surface area contributed by atoms with Gasteiger partial charge in [-0.25, -0.2) is 0 Å². The highest BCUT2D eigenvalue weighted by atomic mass is 32.2. The topological polar surface area (TPSA) is 124 Å². The Kier molecular flexibility index (Phi) is 10.7. The molecule has 1 fully saturated rings. The highest BCUT2D eigenvalue weighted by molar-refractivity contribution is 8.00. The van der Waals surface area contributed by atoms with E-state index in [4.69, 9.17) is 28.4 Å². The standard InChI is InChI=1S/C32H38O10S/c1-17(2)38-26-12-11-22(13-24-15-23-9-7-8-10-28(23)43-24)14-25(26)29-31(40-20(5)35)32(41-21(6)36)30(39-19(4)34)27(42-29)16-37-18(3)33/h7-12,14,17,24,27,29-32H,13,15-16H2,1-6H3/t24?,27?,29?,30-,31+,32?/m1/s1. The lowest BCUT2D eigenvalue weighted by molar-refractivity contribution is -0.254. The van der Waals surface area contributed by atoms with Crippen molar-refractivity contribution < 1.29 is 47.6 Å². The van der Waals surface area contributed by atoms with E-state index in [2.05, 4.69) is 12.1 Å². The molecule has 0 N–H and O–H groups in total. The second kappa shape index (κ2) is 14.3. The quantitative estimate of drug-likeness (QED) is 0.277. The molecule has 2 aromatic rings. The molecule has 2 aromatic carbocycles. The van der Waals surface area contributed by atoms with Crippen LogP contribution in [0.1, 0.15) is 64.3 Å². The summed E-state index contributed by atoms with van der Waals surface area (Å²) in [6.45, 7) is 8.33. The van der Waals surface area contributed by atoms with Crippen molar-refractivity contribution in [3.8, 4) is 5.75 Å². The minimum atomic E-state index is -1.26. The maximum atomic E-state index is 12.4. The Hall–Kier alpha value is -3.57. The van der Waals surface area contributed by atoms with Crippen molar-refractivity contribution in [1.29, 1.82) is 0 Å². The van der Waals surface area contributed by atoms with E-state index < -0.39 is 54.4 Å². The number of fused-ring (bicyclic) bond motifs is 1. The molecule has 0 radical (unpaired) electrons. The predicted octanol–water partition coefficient (Wildman–Crippen LogP) is 4.53. The third-order valence-electron chi connectivity index (χ3n) is 6.91. The number of rotatable bonds is 10. The molecule has 4 unspecified atom stereocenters. The first-order chi connectivity index (χ1) is 20.4. The van der Waals surface area contributed by atoms with E-state index in [0.29, 0.717) is 16.6 Å². The van der Waals surface area contributed by atoms with Gasteiger partial charge in [0.25, 0.3) is 0 Å². The summed E-state index contributed by atoms with van der Waals surface area (Å²) in [4.78, 5) is 49.8. The number of hydrogen-bond donors (Lipinski definition) is 0. The molecule has 6 atom stereocenters. The van der Waals surface area contributed by atoms with Crippen molar-refractivity contribution >= 4 is 35.6 Å². The summed E-state index contributed by atoms with van der Waals surface area (Å²) in [5, 5.41) is 0.317. The van der Waals surface area contributed by atoms with E-state index in [0.717, 1.165) is 18.4 Å². The molecule has 4 rings (SSSR count). The molecule has 0 aromatic heterocycles. The number of carbonyl (C=O) groups excluding carboxylic acids is 4. The molecule has 2 aliphatic rings. The van der Waals surface area contributed by atoms with Crippen molar-refractivity contribution in [2.75, 3.05) is 6.61 Å². The molecular formula is C32H38O10S. The molecule has 43 heavy (non-hydrogen) atoms. The molecule has 0 spiro atoms. The van der Waals surface area contributed by atoms with E-state index in [1.165, 1.54) is 38.2 Å². The van der Waals surface area contributed by atoms with E-state index >= 15 is 0 Å². The third kappa shape index (κ3) is 8.51. The summed E-state index contributed by atoms with van der Waals surface area (Å²) in [6, 6.07) is 14.1. The molecule has 1 saturated heterocycles. The lowest BCUT2D eigenvalue weighted by atomic mass is 9.88. The van der Waals surface area contributed by atoms with Crippen LogP contribution in [0.15, 0.2) is 47.4 Å². The maximum absolute atomic E-state index is 12.4. The zero-order chi connectivity index (χ0) is 31.3. The fourth-order valence-electron chi connectivity index (χ4n) is 5.42. The highest BCUT2D eigenvalue weighted by Gasteiger charge is 2.53. The zero-order valence-electron chi connectivity index (χ0n) is 25.2. The van der Waals surface area contributed by atoms with Crippen molar-refractivity contribution in [1.82, 2.24) is 0 Å². The Balaban J connectivity index is 1.77. The van der Waals surface area contributed by atoms with Crippen LogP contribution in [0.2, 0.25) is 0 Å². The monoisotopic (exact) mass is 614 g/mol. The van der Waals surface area contributed by atoms with Gasteiger partial charge in [-0.2, -0.15) is 0 Å². The van der Waals surface area contributed by atoms with Crippen LogP contribution < -0.4 is 4.74 Å². The first-order valence-electron chi connectivity index (χ1n) is 14.3. The number of carbonyl (C=O) groups is 4. The average molecular weight is 615 g/mol. The van der Waals surface area contributed by atoms with Crippen molar-refractivity contribution in [3.63, 3.8) is 0 Å². The Labute approximate surface area is 255 Å². The van der Waals surface area contributed by atoms with Crippen LogP contribution in [0.3, 0.4) is 0 Å². The van der Waals surface area contributed by atoms with Crippen LogP contribution in [0.4, 0.5) is 0 Å². The fourth-order valence-corrected chi connectivity index (χ4v) is 6.78. The Bertz CT molecular complexity index is 1320. The normalized spacial score (nSPS) is 24.5. The van der Waals surface area contributed by atoms with Crippen molar-refractivity contribution in [3.05, 3.63) is 59.2 Å². The van der Waals surface area contributed by atoms with Gasteiger partial charge in [0.05, 0.1) is 6.10 Å². The van der Waals surface area contributed by atoms with E-state index in [-0.39, 0.29) is 12.7 Å². The number of ether oxygens (including phenoxy) is 6. The third-order valence-corrected chi connectivity index (χ3v) is 8.23. The SMILES string of the molecule is CC(=O)OCC1OC(c2cc(CC3Cc4ccccc4S3)ccc2OC(C)C)[C@H](OC(C)=O)C(OC(C)=O)[C@@H]1OC(C)=O. The molecular weight excluding hydrogens is 576 g/mol. The Morgan fingerprint density at radius 1 is 0.860 bits per heavy atom. The van der Waals surface area contributed by atoms with E-state index in [1.807, 2.05) is 55.9 Å². The van der Waals surface area contributed by atoms with Crippen molar-refractivity contribution in [2.24, 2.45) is 0 Å². The van der Waals surface area contributed by atoms with Gasteiger partial charge in [0, 0.05) is 43.4 Å².